The highest BCUT2D eigenvalue weighted by Crippen LogP contribution is 2.15. The van der Waals surface area contributed by atoms with E-state index in [4.69, 9.17) is 5.73 Å². The number of hydrogen-bond acceptors (Lipinski definition) is 4. The first-order chi connectivity index (χ1) is 6.18. The van der Waals surface area contributed by atoms with Crippen molar-refractivity contribution in [3.8, 4) is 0 Å². The Labute approximate surface area is 83.2 Å². The average molecular weight is 197 g/mol. The first kappa shape index (κ1) is 10.3. The third-order valence-corrected chi connectivity index (χ3v) is 2.48. The molecule has 72 valence electrons. The number of nitrogens with zero attached hydrogens (tertiary/aromatic N) is 2. The first-order valence-electron chi connectivity index (χ1n) is 4.39. The molecule has 0 saturated heterocycles. The molecule has 2 N–H and O–H groups in total. The van der Waals surface area contributed by atoms with Gasteiger partial charge in [-0.05, 0) is 12.3 Å². The highest BCUT2D eigenvalue weighted by molar-refractivity contribution is 7.99. The number of anilines is 1. The first-order valence-corrected chi connectivity index (χ1v) is 5.37. The van der Waals surface area contributed by atoms with Crippen LogP contribution in [0.2, 0.25) is 0 Å². The largest absolute Gasteiger partial charge is 0.396 e. The number of nitrogens with two attached hydrogens (primary N) is 1. The maximum Gasteiger partial charge on any atom is 0.187 e. The van der Waals surface area contributed by atoms with Crippen molar-refractivity contribution in [2.24, 2.45) is 5.92 Å². The third kappa shape index (κ3) is 4.12. The minimum Gasteiger partial charge on any atom is -0.396 e. The standard InChI is InChI=1S/C9H15N3S/c1-7(2)3-4-13-9-11-5-8(10)6-12-9/h5-7H,3-4,10H2,1-2H3. The fraction of sp³-hybridized carbons (Fsp3) is 0.556. The van der Waals surface area contributed by atoms with Crippen LogP contribution >= 0.6 is 11.8 Å². The summed E-state index contributed by atoms with van der Waals surface area (Å²) in [5.74, 6) is 1.81. The van der Waals surface area contributed by atoms with E-state index in [1.165, 1.54) is 6.42 Å². The van der Waals surface area contributed by atoms with Crippen LogP contribution in [0.1, 0.15) is 20.3 Å². The van der Waals surface area contributed by atoms with E-state index in [2.05, 4.69) is 23.8 Å². The highest BCUT2D eigenvalue weighted by atomic mass is 32.2. The van der Waals surface area contributed by atoms with Crippen molar-refractivity contribution < 1.29 is 0 Å². The maximum absolute atomic E-state index is 5.47. The second-order valence-corrected chi connectivity index (χ2v) is 4.39. The second-order valence-electron chi connectivity index (χ2n) is 3.33. The van der Waals surface area contributed by atoms with Crippen LogP contribution in [0.3, 0.4) is 0 Å². The lowest BCUT2D eigenvalue weighted by molar-refractivity contribution is 0.631. The number of thioether (sulfide) groups is 1. The summed E-state index contributed by atoms with van der Waals surface area (Å²) in [7, 11) is 0. The Kier molecular flexibility index (Phi) is 4.02. The predicted octanol–water partition coefficient (Wildman–Crippen LogP) is 2.20. The molecule has 1 rings (SSSR count). The van der Waals surface area contributed by atoms with E-state index < -0.39 is 0 Å². The molecule has 0 aliphatic rings. The maximum atomic E-state index is 5.47. The van der Waals surface area contributed by atoms with Gasteiger partial charge in [0.25, 0.3) is 0 Å². The van der Waals surface area contributed by atoms with Crippen LogP contribution in [0.5, 0.6) is 0 Å². The molecule has 13 heavy (non-hydrogen) atoms. The molecule has 0 saturated carbocycles. The van der Waals surface area contributed by atoms with E-state index in [1.54, 1.807) is 24.2 Å². The summed E-state index contributed by atoms with van der Waals surface area (Å²) in [5, 5.41) is 0.815. The minimum absolute atomic E-state index is 0.619. The van der Waals surface area contributed by atoms with E-state index in [1.807, 2.05) is 0 Å². The fourth-order valence-electron chi connectivity index (χ4n) is 0.787. The zero-order chi connectivity index (χ0) is 9.68. The molecule has 1 aromatic heterocycles. The number of rotatable bonds is 4. The highest BCUT2D eigenvalue weighted by Gasteiger charge is 1.98. The smallest absolute Gasteiger partial charge is 0.187 e. The van der Waals surface area contributed by atoms with Crippen molar-refractivity contribution in [3.63, 3.8) is 0 Å². The summed E-state index contributed by atoms with van der Waals surface area (Å²) in [6, 6.07) is 0. The summed E-state index contributed by atoms with van der Waals surface area (Å²) < 4.78 is 0. The molecule has 3 nitrogen and oxygen atoms in total. The molecule has 0 aliphatic heterocycles. The Morgan fingerprint density at radius 3 is 2.54 bits per heavy atom. The average Bonchev–Trinajstić information content (AvgIpc) is 2.08. The lowest BCUT2D eigenvalue weighted by Gasteiger charge is -2.02. The fourth-order valence-corrected chi connectivity index (χ4v) is 1.81. The summed E-state index contributed by atoms with van der Waals surface area (Å²) in [5.41, 5.74) is 6.09. The van der Waals surface area contributed by atoms with Gasteiger partial charge < -0.3 is 5.73 Å². The monoisotopic (exact) mass is 197 g/mol. The Morgan fingerprint density at radius 1 is 1.38 bits per heavy atom. The molecule has 0 bridgehead atoms. The van der Waals surface area contributed by atoms with Crippen molar-refractivity contribution >= 4 is 17.4 Å². The molecular weight excluding hydrogens is 182 g/mol. The molecule has 0 fully saturated rings. The molecule has 1 aromatic rings. The summed E-state index contributed by atoms with van der Waals surface area (Å²) in [6.07, 6.45) is 4.48. The molecule has 0 aromatic carbocycles. The van der Waals surface area contributed by atoms with Crippen molar-refractivity contribution in [3.05, 3.63) is 12.4 Å². The van der Waals surface area contributed by atoms with Gasteiger partial charge in [0, 0.05) is 5.75 Å². The van der Waals surface area contributed by atoms with Crippen molar-refractivity contribution in [2.75, 3.05) is 11.5 Å². The number of hydrogen-bond donors (Lipinski definition) is 1. The van der Waals surface area contributed by atoms with Gasteiger partial charge in [-0.1, -0.05) is 25.6 Å². The van der Waals surface area contributed by atoms with Gasteiger partial charge in [0.1, 0.15) is 0 Å². The molecule has 0 spiro atoms. The lowest BCUT2D eigenvalue weighted by atomic mass is 10.2. The zero-order valence-corrected chi connectivity index (χ0v) is 8.84. The summed E-state index contributed by atoms with van der Waals surface area (Å²) in [4.78, 5) is 8.20. The van der Waals surface area contributed by atoms with Gasteiger partial charge in [-0.3, -0.25) is 0 Å². The van der Waals surface area contributed by atoms with E-state index in [9.17, 15) is 0 Å². The van der Waals surface area contributed by atoms with E-state index in [0.717, 1.165) is 16.8 Å². The quantitative estimate of drug-likeness (QED) is 0.594. The predicted molar refractivity (Wildman–Crippen MR) is 56.6 cm³/mol. The number of aromatic nitrogens is 2. The van der Waals surface area contributed by atoms with Crippen LogP contribution in [-0.4, -0.2) is 15.7 Å². The Hall–Kier alpha value is -0.770. The molecule has 1 heterocycles. The third-order valence-electron chi connectivity index (χ3n) is 1.57. The van der Waals surface area contributed by atoms with Crippen molar-refractivity contribution in [1.82, 2.24) is 9.97 Å². The number of nitrogen functional groups attached to an aromatic ring is 1. The van der Waals surface area contributed by atoms with Crippen LogP contribution in [0.15, 0.2) is 17.6 Å². The van der Waals surface area contributed by atoms with Crippen LogP contribution in [-0.2, 0) is 0 Å². The van der Waals surface area contributed by atoms with Crippen LogP contribution < -0.4 is 5.73 Å². The Morgan fingerprint density at radius 2 is 2.00 bits per heavy atom. The van der Waals surface area contributed by atoms with Gasteiger partial charge in [0.2, 0.25) is 0 Å². The van der Waals surface area contributed by atoms with E-state index >= 15 is 0 Å². The van der Waals surface area contributed by atoms with Crippen molar-refractivity contribution in [1.29, 1.82) is 0 Å². The van der Waals surface area contributed by atoms with Gasteiger partial charge in [-0.25, -0.2) is 9.97 Å². The van der Waals surface area contributed by atoms with Gasteiger partial charge in [0.05, 0.1) is 18.1 Å². The molecule has 0 aliphatic carbocycles. The molecule has 0 radical (unpaired) electrons. The van der Waals surface area contributed by atoms with Crippen LogP contribution in [0.4, 0.5) is 5.69 Å². The minimum atomic E-state index is 0.619. The van der Waals surface area contributed by atoms with Gasteiger partial charge in [-0.15, -0.1) is 0 Å². The van der Waals surface area contributed by atoms with E-state index in [0.29, 0.717) is 5.69 Å². The topological polar surface area (TPSA) is 51.8 Å². The zero-order valence-electron chi connectivity index (χ0n) is 8.03. The van der Waals surface area contributed by atoms with Crippen LogP contribution in [0.25, 0.3) is 0 Å². The van der Waals surface area contributed by atoms with Gasteiger partial charge in [-0.2, -0.15) is 0 Å². The van der Waals surface area contributed by atoms with Gasteiger partial charge >= 0.3 is 0 Å². The Balaban J connectivity index is 2.33. The SMILES string of the molecule is CC(C)CCSc1ncc(N)cn1. The molecular formula is C9H15N3S. The lowest BCUT2D eigenvalue weighted by Crippen LogP contribution is -1.93. The van der Waals surface area contributed by atoms with E-state index in [-0.39, 0.29) is 0 Å². The molecule has 4 heteroatoms. The summed E-state index contributed by atoms with van der Waals surface area (Å²) in [6.45, 7) is 4.43. The van der Waals surface area contributed by atoms with Crippen molar-refractivity contribution in [2.45, 2.75) is 25.4 Å². The summed E-state index contributed by atoms with van der Waals surface area (Å²) >= 11 is 1.68. The second kappa shape index (κ2) is 5.07. The molecule has 0 atom stereocenters. The molecule has 0 amide bonds. The normalized spacial score (nSPS) is 10.7. The van der Waals surface area contributed by atoms with Gasteiger partial charge in [0.15, 0.2) is 5.16 Å². The Bertz CT molecular complexity index is 246. The van der Waals surface area contributed by atoms with Crippen LogP contribution in [0, 0.1) is 5.92 Å². The molecule has 0 unspecified atom stereocenters.